The van der Waals surface area contributed by atoms with Crippen LogP contribution in [-0.4, -0.2) is 49.4 Å². The van der Waals surface area contributed by atoms with Crippen molar-refractivity contribution in [3.63, 3.8) is 0 Å². The van der Waals surface area contributed by atoms with Gasteiger partial charge >= 0.3 is 0 Å². The fourth-order valence-corrected chi connectivity index (χ4v) is 2.63. The van der Waals surface area contributed by atoms with Crippen molar-refractivity contribution in [2.24, 2.45) is 0 Å². The summed E-state index contributed by atoms with van der Waals surface area (Å²) in [6, 6.07) is 2.93. The largest absolute Gasteiger partial charge is 0.474 e. The summed E-state index contributed by atoms with van der Waals surface area (Å²) in [7, 11) is 0.633. The van der Waals surface area contributed by atoms with E-state index in [9.17, 15) is 8.42 Å². The number of ether oxygens (including phenoxy) is 1. The molecule has 2 aromatic rings. The molecule has 0 spiro atoms. The molecule has 0 unspecified atom stereocenters. The topological polar surface area (TPSA) is 97.6 Å². The molecule has 1 aromatic heterocycles. The third kappa shape index (κ3) is 2.44. The predicted molar refractivity (Wildman–Crippen MR) is 75.9 cm³/mol. The van der Waals surface area contributed by atoms with Crippen LogP contribution >= 0.6 is 12.2 Å². The van der Waals surface area contributed by atoms with Gasteiger partial charge in [0.1, 0.15) is 4.90 Å². The van der Waals surface area contributed by atoms with E-state index in [-0.39, 0.29) is 21.1 Å². The molecule has 1 N–H and O–H groups in total. The first-order chi connectivity index (χ1) is 9.37. The number of sulfonamides is 1. The third-order valence-corrected chi connectivity index (χ3v) is 4.67. The maximum absolute atomic E-state index is 12.2. The van der Waals surface area contributed by atoms with E-state index in [1.54, 1.807) is 0 Å². The Hall–Kier alpha value is -1.78. The van der Waals surface area contributed by atoms with E-state index < -0.39 is 10.0 Å². The Morgan fingerprint density at radius 3 is 2.60 bits per heavy atom. The Labute approximate surface area is 120 Å². The van der Waals surface area contributed by atoms with Gasteiger partial charge in [0.25, 0.3) is 5.17 Å². The number of thiocarbonyl (C=S) groups is 1. The van der Waals surface area contributed by atoms with Gasteiger partial charge in [0.15, 0.2) is 11.0 Å². The molecule has 20 heavy (non-hydrogen) atoms. The minimum absolute atomic E-state index is 0.00707. The Morgan fingerprint density at radius 2 is 2.00 bits per heavy atom. The lowest BCUT2D eigenvalue weighted by atomic mass is 10.2. The van der Waals surface area contributed by atoms with E-state index in [2.05, 4.69) is 20.3 Å². The molecular weight excluding hydrogens is 304 g/mol. The van der Waals surface area contributed by atoms with Crippen molar-refractivity contribution in [2.75, 3.05) is 26.5 Å². The van der Waals surface area contributed by atoms with E-state index in [0.29, 0.717) is 5.69 Å². The van der Waals surface area contributed by atoms with E-state index >= 15 is 0 Å². The van der Waals surface area contributed by atoms with Gasteiger partial charge < -0.3 is 10.1 Å². The number of rotatable bonds is 3. The number of benzene rings is 1. The summed E-state index contributed by atoms with van der Waals surface area (Å²) < 4.78 is 34.9. The summed E-state index contributed by atoms with van der Waals surface area (Å²) in [5, 5.41) is 10.2. The van der Waals surface area contributed by atoms with Crippen LogP contribution < -0.4 is 5.32 Å². The molecule has 10 heteroatoms. The van der Waals surface area contributed by atoms with Crippen molar-refractivity contribution >= 4 is 44.1 Å². The molecule has 108 valence electrons. The number of methoxy groups -OCH3 is 1. The quantitative estimate of drug-likeness (QED) is 0.831. The van der Waals surface area contributed by atoms with Gasteiger partial charge in [-0.15, -0.1) is 0 Å². The normalized spacial score (nSPS) is 11.8. The van der Waals surface area contributed by atoms with Gasteiger partial charge in [-0.2, -0.15) is 0 Å². The first-order valence-electron chi connectivity index (χ1n) is 5.40. The number of nitrogens with one attached hydrogen (secondary N) is 1. The highest BCUT2D eigenvalue weighted by Gasteiger charge is 2.24. The van der Waals surface area contributed by atoms with Crippen LogP contribution in [0.5, 0.6) is 0 Å². The minimum atomic E-state index is -3.65. The van der Waals surface area contributed by atoms with Gasteiger partial charge in [-0.05, 0) is 34.7 Å². The summed E-state index contributed by atoms with van der Waals surface area (Å²) in [5.41, 5.74) is 0.834. The van der Waals surface area contributed by atoms with Gasteiger partial charge in [-0.25, -0.2) is 17.4 Å². The van der Waals surface area contributed by atoms with Crippen molar-refractivity contribution in [1.29, 1.82) is 0 Å². The minimum Gasteiger partial charge on any atom is -0.474 e. The zero-order valence-corrected chi connectivity index (χ0v) is 12.6. The second-order valence-electron chi connectivity index (χ2n) is 3.98. The van der Waals surface area contributed by atoms with Gasteiger partial charge in [-0.1, -0.05) is 0 Å². The molecule has 0 amide bonds. The maximum Gasteiger partial charge on any atom is 0.260 e. The summed E-state index contributed by atoms with van der Waals surface area (Å²) in [5.74, 6) is 0. The van der Waals surface area contributed by atoms with Crippen molar-refractivity contribution in [3.8, 4) is 0 Å². The van der Waals surface area contributed by atoms with Crippen LogP contribution in [0.3, 0.4) is 0 Å². The summed E-state index contributed by atoms with van der Waals surface area (Å²) in [6.45, 7) is 0. The van der Waals surface area contributed by atoms with Gasteiger partial charge in [0, 0.05) is 14.1 Å². The van der Waals surface area contributed by atoms with Gasteiger partial charge in [0.2, 0.25) is 10.0 Å². The standard InChI is InChI=1S/C10H12N4O4S2/c1-14(2)20(15,16)7-5-4-6(11-10(19)17-3)8-9(7)13-18-12-8/h4-5H,1-3H3,(H,11,19). The molecule has 0 aliphatic rings. The van der Waals surface area contributed by atoms with Crippen molar-refractivity contribution in [1.82, 2.24) is 14.6 Å². The molecule has 1 heterocycles. The van der Waals surface area contributed by atoms with Crippen LogP contribution in [0, 0.1) is 0 Å². The Morgan fingerprint density at radius 1 is 1.35 bits per heavy atom. The van der Waals surface area contributed by atoms with Crippen molar-refractivity contribution in [2.45, 2.75) is 4.90 Å². The molecule has 0 bridgehead atoms. The SMILES string of the molecule is COC(=S)Nc1ccc(S(=O)(=O)N(C)C)c2nonc12. The molecule has 0 saturated heterocycles. The molecule has 0 saturated carbocycles. The summed E-state index contributed by atoms with van der Waals surface area (Å²) >= 11 is 4.88. The maximum atomic E-state index is 12.2. The number of aromatic nitrogens is 2. The predicted octanol–water partition coefficient (Wildman–Crippen LogP) is 0.816. The van der Waals surface area contributed by atoms with Crippen molar-refractivity contribution < 1.29 is 17.8 Å². The second kappa shape index (κ2) is 5.31. The Balaban J connectivity index is 2.61. The van der Waals surface area contributed by atoms with E-state index in [0.717, 1.165) is 4.31 Å². The van der Waals surface area contributed by atoms with Crippen molar-refractivity contribution in [3.05, 3.63) is 12.1 Å². The first kappa shape index (κ1) is 14.6. The average Bonchev–Trinajstić information content (AvgIpc) is 2.87. The fourth-order valence-electron chi connectivity index (χ4n) is 1.51. The van der Waals surface area contributed by atoms with Crippen LogP contribution in [-0.2, 0) is 14.8 Å². The Bertz CT molecular complexity index is 754. The van der Waals surface area contributed by atoms with Crippen LogP contribution in [0.15, 0.2) is 21.7 Å². The lowest BCUT2D eigenvalue weighted by molar-refractivity contribution is 0.315. The molecule has 0 aliphatic carbocycles. The van der Waals surface area contributed by atoms with Gasteiger partial charge in [-0.3, -0.25) is 0 Å². The molecule has 8 nitrogen and oxygen atoms in total. The smallest absolute Gasteiger partial charge is 0.260 e. The molecule has 1 aromatic carbocycles. The van der Waals surface area contributed by atoms with Crippen LogP contribution in [0.1, 0.15) is 0 Å². The third-order valence-electron chi connectivity index (χ3n) is 2.56. The number of fused-ring (bicyclic) bond motifs is 1. The zero-order valence-electron chi connectivity index (χ0n) is 10.9. The van der Waals surface area contributed by atoms with E-state index in [1.165, 1.54) is 33.3 Å². The van der Waals surface area contributed by atoms with E-state index in [4.69, 9.17) is 17.0 Å². The van der Waals surface area contributed by atoms with Crippen LogP contribution in [0.2, 0.25) is 0 Å². The average molecular weight is 316 g/mol. The monoisotopic (exact) mass is 316 g/mol. The summed E-state index contributed by atoms with van der Waals surface area (Å²) in [6.07, 6.45) is 0. The highest BCUT2D eigenvalue weighted by molar-refractivity contribution is 7.89. The highest BCUT2D eigenvalue weighted by Crippen LogP contribution is 2.28. The van der Waals surface area contributed by atoms with Gasteiger partial charge in [0.05, 0.1) is 12.8 Å². The number of anilines is 1. The molecule has 0 atom stereocenters. The molecular formula is C10H12N4O4S2. The fraction of sp³-hybridized carbons (Fsp3) is 0.300. The zero-order chi connectivity index (χ0) is 14.9. The Kier molecular flexibility index (Phi) is 3.88. The van der Waals surface area contributed by atoms with Crippen LogP contribution in [0.25, 0.3) is 11.0 Å². The van der Waals surface area contributed by atoms with Crippen LogP contribution in [0.4, 0.5) is 5.69 Å². The molecule has 2 rings (SSSR count). The number of hydrogen-bond donors (Lipinski definition) is 1. The number of nitrogens with zero attached hydrogens (tertiary/aromatic N) is 3. The lowest BCUT2D eigenvalue weighted by Gasteiger charge is -2.12. The molecule has 0 fully saturated rings. The molecule has 0 radical (unpaired) electrons. The number of hydrogen-bond acceptors (Lipinski definition) is 7. The first-order valence-corrected chi connectivity index (χ1v) is 7.25. The highest BCUT2D eigenvalue weighted by atomic mass is 32.2. The second-order valence-corrected chi connectivity index (χ2v) is 6.47. The lowest BCUT2D eigenvalue weighted by Crippen LogP contribution is -2.22. The molecule has 0 aliphatic heterocycles. The summed E-state index contributed by atoms with van der Waals surface area (Å²) in [4.78, 5) is 0.00707. The van der Waals surface area contributed by atoms with E-state index in [1.807, 2.05) is 0 Å².